The van der Waals surface area contributed by atoms with E-state index < -0.39 is 11.9 Å². The van der Waals surface area contributed by atoms with Crippen LogP contribution in [-0.4, -0.2) is 34.6 Å². The summed E-state index contributed by atoms with van der Waals surface area (Å²) >= 11 is 0. The van der Waals surface area contributed by atoms with Gasteiger partial charge in [-0.2, -0.15) is 0 Å². The van der Waals surface area contributed by atoms with Gasteiger partial charge in [-0.3, -0.25) is 9.59 Å². The van der Waals surface area contributed by atoms with Crippen molar-refractivity contribution >= 4 is 11.9 Å². The van der Waals surface area contributed by atoms with E-state index in [0.717, 1.165) is 11.1 Å². The molecule has 26 heavy (non-hydrogen) atoms. The normalized spacial score (nSPS) is 11.8. The van der Waals surface area contributed by atoms with Crippen LogP contribution in [0.2, 0.25) is 0 Å². The van der Waals surface area contributed by atoms with Gasteiger partial charge in [0.25, 0.3) is 5.91 Å². The topological polar surface area (TPSA) is 88.5 Å². The molecular formula is C20H24N2O4. The number of nitrogens with zero attached hydrogens (tertiary/aromatic N) is 1. The van der Waals surface area contributed by atoms with Gasteiger partial charge in [-0.05, 0) is 38.8 Å². The third kappa shape index (κ3) is 5.88. The second kappa shape index (κ2) is 8.99. The first kappa shape index (κ1) is 19.4. The molecule has 0 aliphatic heterocycles. The van der Waals surface area contributed by atoms with E-state index in [-0.39, 0.29) is 18.6 Å². The van der Waals surface area contributed by atoms with Crippen LogP contribution in [0.4, 0.5) is 0 Å². The number of carbonyl (C=O) groups excluding carboxylic acids is 1. The first-order valence-electron chi connectivity index (χ1n) is 8.54. The number of carboxylic acid groups (broad SMARTS) is 1. The molecule has 0 aliphatic rings. The Bertz CT molecular complexity index is 757. The van der Waals surface area contributed by atoms with Crippen LogP contribution in [0.25, 0.3) is 0 Å². The number of aromatic nitrogens is 1. The molecule has 2 aromatic rings. The van der Waals surface area contributed by atoms with Crippen molar-refractivity contribution < 1.29 is 19.4 Å². The molecule has 0 bridgehead atoms. The van der Waals surface area contributed by atoms with Crippen molar-refractivity contribution in [3.63, 3.8) is 0 Å². The average Bonchev–Trinajstić information content (AvgIpc) is 2.58. The predicted molar refractivity (Wildman–Crippen MR) is 98.3 cm³/mol. The molecule has 0 radical (unpaired) electrons. The number of carboxylic acids is 1. The van der Waals surface area contributed by atoms with Crippen LogP contribution in [-0.2, 0) is 11.2 Å². The lowest BCUT2D eigenvalue weighted by Crippen LogP contribution is -2.34. The summed E-state index contributed by atoms with van der Waals surface area (Å²) in [6.07, 6.45) is 1.78. The van der Waals surface area contributed by atoms with E-state index in [1.807, 2.05) is 45.0 Å². The summed E-state index contributed by atoms with van der Waals surface area (Å²) in [7, 11) is 0. The van der Waals surface area contributed by atoms with Gasteiger partial charge in [0, 0.05) is 18.8 Å². The van der Waals surface area contributed by atoms with Gasteiger partial charge in [-0.25, -0.2) is 4.98 Å². The number of hydrogen-bond acceptors (Lipinski definition) is 4. The number of amides is 1. The molecular weight excluding hydrogens is 332 g/mol. The van der Waals surface area contributed by atoms with Crippen LogP contribution >= 0.6 is 0 Å². The third-order valence-corrected chi connectivity index (χ3v) is 3.78. The quantitative estimate of drug-likeness (QED) is 0.759. The maximum atomic E-state index is 12.2. The summed E-state index contributed by atoms with van der Waals surface area (Å²) < 4.78 is 5.43. The lowest BCUT2D eigenvalue weighted by molar-refractivity contribution is -0.141. The van der Waals surface area contributed by atoms with Crippen molar-refractivity contribution in [1.82, 2.24) is 10.3 Å². The average molecular weight is 356 g/mol. The first-order valence-corrected chi connectivity index (χ1v) is 8.54. The fourth-order valence-electron chi connectivity index (χ4n) is 2.51. The Labute approximate surface area is 153 Å². The van der Waals surface area contributed by atoms with Crippen LogP contribution < -0.4 is 10.1 Å². The van der Waals surface area contributed by atoms with E-state index in [1.165, 1.54) is 6.20 Å². The molecule has 1 amide bonds. The molecule has 2 rings (SSSR count). The molecule has 2 N–H and O–H groups in total. The number of rotatable bonds is 8. The number of benzene rings is 1. The molecule has 0 fully saturated rings. The third-order valence-electron chi connectivity index (χ3n) is 3.78. The Morgan fingerprint density at radius 1 is 1.23 bits per heavy atom. The van der Waals surface area contributed by atoms with E-state index in [9.17, 15) is 14.7 Å². The largest absolute Gasteiger partial charge is 0.481 e. The molecule has 1 unspecified atom stereocenters. The highest BCUT2D eigenvalue weighted by molar-refractivity contribution is 5.94. The molecule has 0 spiro atoms. The number of aliphatic carboxylic acids is 1. The van der Waals surface area contributed by atoms with Crippen LogP contribution in [0.3, 0.4) is 0 Å². The van der Waals surface area contributed by atoms with E-state index >= 15 is 0 Å². The van der Waals surface area contributed by atoms with Crippen LogP contribution in [0.5, 0.6) is 5.88 Å². The van der Waals surface area contributed by atoms with Gasteiger partial charge in [0.2, 0.25) is 5.88 Å². The van der Waals surface area contributed by atoms with Crippen LogP contribution in [0.15, 0.2) is 42.6 Å². The van der Waals surface area contributed by atoms with Gasteiger partial charge in [-0.1, -0.05) is 29.8 Å². The Morgan fingerprint density at radius 2 is 2.00 bits per heavy atom. The monoisotopic (exact) mass is 356 g/mol. The maximum Gasteiger partial charge on any atom is 0.308 e. The molecule has 1 atom stereocenters. The fraction of sp³-hybridized carbons (Fsp3) is 0.350. The Kier molecular flexibility index (Phi) is 6.72. The Morgan fingerprint density at radius 3 is 2.58 bits per heavy atom. The highest BCUT2D eigenvalue weighted by Crippen LogP contribution is 2.12. The highest BCUT2D eigenvalue weighted by atomic mass is 16.5. The summed E-state index contributed by atoms with van der Waals surface area (Å²) in [5.41, 5.74) is 2.37. The van der Waals surface area contributed by atoms with Crippen molar-refractivity contribution in [2.75, 3.05) is 6.54 Å². The van der Waals surface area contributed by atoms with E-state index in [1.54, 1.807) is 12.1 Å². The lowest BCUT2D eigenvalue weighted by atomic mass is 9.98. The van der Waals surface area contributed by atoms with Crippen molar-refractivity contribution in [2.24, 2.45) is 5.92 Å². The molecule has 0 saturated carbocycles. The second-order valence-corrected chi connectivity index (χ2v) is 6.49. The second-order valence-electron chi connectivity index (χ2n) is 6.49. The van der Waals surface area contributed by atoms with Gasteiger partial charge in [0.05, 0.1) is 17.6 Å². The standard InChI is InChI=1S/C20H24N2O4/c1-13(2)26-18-8-7-16(11-21-18)19(23)22-12-17(20(24)25)10-15-6-4-5-14(3)9-15/h4-9,11,13,17H,10,12H2,1-3H3,(H,22,23)(H,24,25). The summed E-state index contributed by atoms with van der Waals surface area (Å²) in [5.74, 6) is -1.55. The van der Waals surface area contributed by atoms with Gasteiger partial charge in [0.1, 0.15) is 0 Å². The number of carbonyl (C=O) groups is 2. The smallest absolute Gasteiger partial charge is 0.308 e. The van der Waals surface area contributed by atoms with Gasteiger partial charge in [-0.15, -0.1) is 0 Å². The number of aryl methyl sites for hydroxylation is 1. The van der Waals surface area contributed by atoms with Crippen molar-refractivity contribution in [3.05, 3.63) is 59.3 Å². The molecule has 6 heteroatoms. The minimum atomic E-state index is -0.939. The summed E-state index contributed by atoms with van der Waals surface area (Å²) in [4.78, 5) is 27.8. The maximum absolute atomic E-state index is 12.2. The number of nitrogens with one attached hydrogen (secondary N) is 1. The SMILES string of the molecule is Cc1cccc(CC(CNC(=O)c2ccc(OC(C)C)nc2)C(=O)O)c1. The lowest BCUT2D eigenvalue weighted by Gasteiger charge is -2.14. The van der Waals surface area contributed by atoms with Gasteiger partial charge >= 0.3 is 5.97 Å². The zero-order chi connectivity index (χ0) is 19.1. The summed E-state index contributed by atoms with van der Waals surface area (Å²) in [6, 6.07) is 10.9. The zero-order valence-corrected chi connectivity index (χ0v) is 15.2. The first-order chi connectivity index (χ1) is 12.3. The van der Waals surface area contributed by atoms with E-state index in [2.05, 4.69) is 10.3 Å². The van der Waals surface area contributed by atoms with Crippen molar-refractivity contribution in [2.45, 2.75) is 33.3 Å². The molecule has 6 nitrogen and oxygen atoms in total. The number of hydrogen-bond donors (Lipinski definition) is 2. The minimum Gasteiger partial charge on any atom is -0.481 e. The fourth-order valence-corrected chi connectivity index (χ4v) is 2.51. The Balaban J connectivity index is 1.95. The minimum absolute atomic E-state index is 0.000115. The van der Waals surface area contributed by atoms with Crippen molar-refractivity contribution in [3.8, 4) is 5.88 Å². The molecule has 1 aromatic carbocycles. The summed E-state index contributed by atoms with van der Waals surface area (Å²) in [6.45, 7) is 5.79. The highest BCUT2D eigenvalue weighted by Gasteiger charge is 2.19. The Hall–Kier alpha value is -2.89. The van der Waals surface area contributed by atoms with Crippen molar-refractivity contribution in [1.29, 1.82) is 0 Å². The predicted octanol–water partition coefficient (Wildman–Crippen LogP) is 2.85. The van der Waals surface area contributed by atoms with Crippen LogP contribution in [0, 0.1) is 12.8 Å². The van der Waals surface area contributed by atoms with E-state index in [0.29, 0.717) is 17.9 Å². The molecule has 1 heterocycles. The number of ether oxygens (including phenoxy) is 1. The molecule has 0 aliphatic carbocycles. The molecule has 0 saturated heterocycles. The van der Waals surface area contributed by atoms with E-state index in [4.69, 9.17) is 4.74 Å². The molecule has 138 valence electrons. The molecule has 1 aromatic heterocycles. The van der Waals surface area contributed by atoms with Gasteiger partial charge in [0.15, 0.2) is 0 Å². The zero-order valence-electron chi connectivity index (χ0n) is 15.2. The van der Waals surface area contributed by atoms with Crippen LogP contribution in [0.1, 0.15) is 35.3 Å². The summed E-state index contributed by atoms with van der Waals surface area (Å²) in [5, 5.41) is 12.1. The number of pyridine rings is 1. The van der Waals surface area contributed by atoms with Gasteiger partial charge < -0.3 is 15.2 Å².